The van der Waals surface area contributed by atoms with Gasteiger partial charge in [-0.25, -0.2) is 0 Å². The van der Waals surface area contributed by atoms with Gasteiger partial charge in [-0.05, 0) is 18.6 Å². The van der Waals surface area contributed by atoms with Crippen LogP contribution in [0.15, 0.2) is 0 Å². The van der Waals surface area contributed by atoms with E-state index >= 15 is 0 Å². The third kappa shape index (κ3) is 2.20. The van der Waals surface area contributed by atoms with Crippen LogP contribution in [0, 0.1) is 0 Å². The van der Waals surface area contributed by atoms with Crippen LogP contribution >= 0.6 is 12.2 Å². The van der Waals surface area contributed by atoms with Crippen LogP contribution in [-0.2, 0) is 9.59 Å². The predicted octanol–water partition coefficient (Wildman–Crippen LogP) is -0.0436. The summed E-state index contributed by atoms with van der Waals surface area (Å²) in [6.45, 7) is 2.47. The minimum atomic E-state index is -1.00. The van der Waals surface area contributed by atoms with Crippen molar-refractivity contribution < 1.29 is 14.7 Å². The summed E-state index contributed by atoms with van der Waals surface area (Å²) in [6.07, 6.45) is 0.576. The summed E-state index contributed by atoms with van der Waals surface area (Å²) in [5, 5.41) is 11.6. The zero-order valence-corrected chi connectivity index (χ0v) is 8.63. The fourth-order valence-electron chi connectivity index (χ4n) is 1.33. The molecule has 0 aromatic rings. The molecule has 1 heterocycles. The molecule has 0 aromatic heterocycles. The number of thiocarbonyl (C=S) groups is 1. The van der Waals surface area contributed by atoms with Crippen LogP contribution < -0.4 is 5.32 Å². The SMILES string of the molecule is CCCN1C(=O)[C@@H](CC(=O)O)NC1=S. The summed E-state index contributed by atoms with van der Waals surface area (Å²) in [7, 11) is 0. The summed E-state index contributed by atoms with van der Waals surface area (Å²) in [5.74, 6) is -1.24. The van der Waals surface area contributed by atoms with Gasteiger partial charge in [-0.3, -0.25) is 14.5 Å². The Morgan fingerprint density at radius 1 is 1.71 bits per heavy atom. The smallest absolute Gasteiger partial charge is 0.305 e. The number of hydrogen-bond donors (Lipinski definition) is 2. The van der Waals surface area contributed by atoms with Crippen molar-refractivity contribution in [2.24, 2.45) is 0 Å². The van der Waals surface area contributed by atoms with Crippen LogP contribution in [0.5, 0.6) is 0 Å². The molecule has 1 rings (SSSR count). The highest BCUT2D eigenvalue weighted by Crippen LogP contribution is 2.09. The van der Waals surface area contributed by atoms with Crippen LogP contribution in [0.3, 0.4) is 0 Å². The van der Waals surface area contributed by atoms with Crippen molar-refractivity contribution in [1.82, 2.24) is 10.2 Å². The lowest BCUT2D eigenvalue weighted by molar-refractivity contribution is -0.140. The maximum absolute atomic E-state index is 11.6. The van der Waals surface area contributed by atoms with E-state index in [1.807, 2.05) is 6.92 Å². The molecule has 0 aliphatic carbocycles. The summed E-state index contributed by atoms with van der Waals surface area (Å²) >= 11 is 4.91. The molecule has 0 bridgehead atoms. The number of nitrogens with zero attached hydrogens (tertiary/aromatic N) is 1. The van der Waals surface area contributed by atoms with E-state index in [4.69, 9.17) is 17.3 Å². The molecule has 0 spiro atoms. The van der Waals surface area contributed by atoms with Crippen molar-refractivity contribution >= 4 is 29.2 Å². The minimum Gasteiger partial charge on any atom is -0.481 e. The zero-order chi connectivity index (χ0) is 10.7. The molecule has 2 N–H and O–H groups in total. The Kier molecular flexibility index (Phi) is 3.40. The highest BCUT2D eigenvalue weighted by atomic mass is 32.1. The van der Waals surface area contributed by atoms with Crippen molar-refractivity contribution in [3.63, 3.8) is 0 Å². The number of rotatable bonds is 4. The van der Waals surface area contributed by atoms with Gasteiger partial charge in [-0.15, -0.1) is 0 Å². The number of hydrogen-bond acceptors (Lipinski definition) is 3. The largest absolute Gasteiger partial charge is 0.481 e. The van der Waals surface area contributed by atoms with Gasteiger partial charge in [0.2, 0.25) is 0 Å². The molecule has 6 heteroatoms. The van der Waals surface area contributed by atoms with E-state index in [-0.39, 0.29) is 12.3 Å². The standard InChI is InChI=1S/C8H12N2O3S/c1-2-3-10-7(13)5(4-6(11)12)9-8(10)14/h5H,2-4H2,1H3,(H,9,14)(H,11,12)/t5-/m1/s1. The fraction of sp³-hybridized carbons (Fsp3) is 0.625. The van der Waals surface area contributed by atoms with E-state index in [2.05, 4.69) is 5.32 Å². The molecule has 1 fully saturated rings. The average Bonchev–Trinajstić information content (AvgIpc) is 2.32. The Morgan fingerprint density at radius 2 is 2.36 bits per heavy atom. The normalized spacial score (nSPS) is 21.2. The second-order valence-corrected chi connectivity index (χ2v) is 3.48. The lowest BCUT2D eigenvalue weighted by atomic mass is 10.2. The Morgan fingerprint density at radius 3 is 2.86 bits per heavy atom. The molecule has 14 heavy (non-hydrogen) atoms. The van der Waals surface area contributed by atoms with E-state index < -0.39 is 12.0 Å². The molecule has 0 saturated carbocycles. The first-order valence-electron chi connectivity index (χ1n) is 4.40. The number of carboxylic acid groups (broad SMARTS) is 1. The topological polar surface area (TPSA) is 69.6 Å². The molecule has 5 nitrogen and oxygen atoms in total. The molecule has 1 atom stereocenters. The van der Waals surface area contributed by atoms with E-state index in [1.165, 1.54) is 4.90 Å². The minimum absolute atomic E-state index is 0.223. The van der Waals surface area contributed by atoms with Crippen LogP contribution in [0.25, 0.3) is 0 Å². The first-order chi connectivity index (χ1) is 6.56. The van der Waals surface area contributed by atoms with Gasteiger partial charge in [0, 0.05) is 6.54 Å². The molecule has 1 aliphatic heterocycles. The fourth-order valence-corrected chi connectivity index (χ4v) is 1.65. The van der Waals surface area contributed by atoms with Gasteiger partial charge in [0.15, 0.2) is 5.11 Å². The average molecular weight is 216 g/mol. The van der Waals surface area contributed by atoms with Crippen molar-refractivity contribution in [2.75, 3.05) is 6.54 Å². The molecule has 1 amide bonds. The number of aliphatic carboxylic acids is 1. The summed E-state index contributed by atoms with van der Waals surface area (Å²) in [4.78, 5) is 23.4. The lowest BCUT2D eigenvalue weighted by Gasteiger charge is -2.12. The Labute approximate surface area is 87.1 Å². The zero-order valence-electron chi connectivity index (χ0n) is 7.82. The number of amides is 1. The van der Waals surface area contributed by atoms with Gasteiger partial charge in [-0.2, -0.15) is 0 Å². The van der Waals surface area contributed by atoms with Crippen LogP contribution in [0.2, 0.25) is 0 Å². The third-order valence-electron chi connectivity index (χ3n) is 1.93. The highest BCUT2D eigenvalue weighted by molar-refractivity contribution is 7.80. The van der Waals surface area contributed by atoms with Crippen LogP contribution in [0.1, 0.15) is 19.8 Å². The number of carbonyl (C=O) groups excluding carboxylic acids is 1. The number of carboxylic acids is 1. The van der Waals surface area contributed by atoms with Crippen molar-refractivity contribution in [1.29, 1.82) is 0 Å². The molecule has 78 valence electrons. The second kappa shape index (κ2) is 4.36. The third-order valence-corrected chi connectivity index (χ3v) is 2.27. The summed E-state index contributed by atoms with van der Waals surface area (Å²) < 4.78 is 0. The summed E-state index contributed by atoms with van der Waals surface area (Å²) in [5.41, 5.74) is 0. The lowest BCUT2D eigenvalue weighted by Crippen LogP contribution is -2.32. The van der Waals surface area contributed by atoms with Gasteiger partial charge in [0.05, 0.1) is 6.42 Å². The Hall–Kier alpha value is -1.17. The van der Waals surface area contributed by atoms with Crippen LogP contribution in [-0.4, -0.2) is 39.6 Å². The molecule has 1 saturated heterocycles. The van der Waals surface area contributed by atoms with Gasteiger partial charge in [0.25, 0.3) is 5.91 Å². The van der Waals surface area contributed by atoms with Gasteiger partial charge in [0.1, 0.15) is 6.04 Å². The summed E-state index contributed by atoms with van der Waals surface area (Å²) in [6, 6.07) is -0.688. The molecular weight excluding hydrogens is 204 g/mol. The van der Waals surface area contributed by atoms with Crippen molar-refractivity contribution in [3.8, 4) is 0 Å². The first kappa shape index (κ1) is 10.9. The molecule has 0 radical (unpaired) electrons. The maximum atomic E-state index is 11.6. The van der Waals surface area contributed by atoms with E-state index in [1.54, 1.807) is 0 Å². The Balaban J connectivity index is 2.64. The molecule has 0 aromatic carbocycles. The maximum Gasteiger partial charge on any atom is 0.305 e. The van der Waals surface area contributed by atoms with E-state index in [0.29, 0.717) is 11.7 Å². The second-order valence-electron chi connectivity index (χ2n) is 3.09. The van der Waals surface area contributed by atoms with Crippen LogP contribution in [0.4, 0.5) is 0 Å². The van der Waals surface area contributed by atoms with Crippen molar-refractivity contribution in [2.45, 2.75) is 25.8 Å². The van der Waals surface area contributed by atoms with Gasteiger partial charge >= 0.3 is 5.97 Å². The number of nitrogens with one attached hydrogen (secondary N) is 1. The van der Waals surface area contributed by atoms with Crippen molar-refractivity contribution in [3.05, 3.63) is 0 Å². The Bertz CT molecular complexity index is 280. The van der Waals surface area contributed by atoms with Gasteiger partial charge < -0.3 is 10.4 Å². The van der Waals surface area contributed by atoms with E-state index in [0.717, 1.165) is 6.42 Å². The monoisotopic (exact) mass is 216 g/mol. The number of carbonyl (C=O) groups is 2. The molecule has 1 aliphatic rings. The quantitative estimate of drug-likeness (QED) is 0.645. The highest BCUT2D eigenvalue weighted by Gasteiger charge is 2.35. The molecular formula is C8H12N2O3S. The molecule has 0 unspecified atom stereocenters. The predicted molar refractivity (Wildman–Crippen MR) is 53.8 cm³/mol. The van der Waals surface area contributed by atoms with Gasteiger partial charge in [-0.1, -0.05) is 6.92 Å². The van der Waals surface area contributed by atoms with E-state index in [9.17, 15) is 9.59 Å². The first-order valence-corrected chi connectivity index (χ1v) is 4.80.